The van der Waals surface area contributed by atoms with Crippen LogP contribution in [0.25, 0.3) is 0 Å². The molecule has 112 valence electrons. The molecule has 2 amide bonds. The molecule has 0 aromatic rings. The summed E-state index contributed by atoms with van der Waals surface area (Å²) in [5, 5.41) is 0. The highest BCUT2D eigenvalue weighted by atomic mass is 16.5. The molecule has 20 heavy (non-hydrogen) atoms. The number of morpholine rings is 1. The summed E-state index contributed by atoms with van der Waals surface area (Å²) in [6.45, 7) is 2.74. The van der Waals surface area contributed by atoms with Crippen molar-refractivity contribution < 1.29 is 14.3 Å². The van der Waals surface area contributed by atoms with Gasteiger partial charge in [-0.1, -0.05) is 19.3 Å². The summed E-state index contributed by atoms with van der Waals surface area (Å²) in [6, 6.07) is -0.230. The predicted octanol–water partition coefficient (Wildman–Crippen LogP) is 1.17. The second kappa shape index (κ2) is 5.72. The van der Waals surface area contributed by atoms with Crippen LogP contribution in [0.3, 0.4) is 0 Å². The van der Waals surface area contributed by atoms with Gasteiger partial charge in [0.25, 0.3) is 0 Å². The van der Waals surface area contributed by atoms with Gasteiger partial charge in [0.05, 0.1) is 12.2 Å². The van der Waals surface area contributed by atoms with Crippen molar-refractivity contribution in [2.45, 2.75) is 56.6 Å². The molecule has 1 atom stereocenters. The van der Waals surface area contributed by atoms with E-state index in [0.29, 0.717) is 13.2 Å². The summed E-state index contributed by atoms with van der Waals surface area (Å²) in [6.07, 6.45) is 8.38. The largest absolute Gasteiger partial charge is 0.371 e. The van der Waals surface area contributed by atoms with Crippen LogP contribution >= 0.6 is 0 Å². The lowest BCUT2D eigenvalue weighted by Gasteiger charge is -2.45. The van der Waals surface area contributed by atoms with Gasteiger partial charge in [-0.25, -0.2) is 0 Å². The van der Waals surface area contributed by atoms with E-state index in [0.717, 1.165) is 45.2 Å². The number of rotatable bonds is 2. The molecule has 2 aliphatic heterocycles. The van der Waals surface area contributed by atoms with Crippen LogP contribution in [-0.4, -0.2) is 60.0 Å². The topological polar surface area (TPSA) is 49.9 Å². The van der Waals surface area contributed by atoms with Gasteiger partial charge in [0.1, 0.15) is 6.04 Å². The standard InChI is InChI=1S/C15H24N2O3/c18-12-17-8-4-5-13(17)14(19)16-9-10-20-15(11-16)6-2-1-3-7-15/h12-13H,1-11H2/t13-/m1/s1. The number of hydrogen-bond donors (Lipinski definition) is 0. The van der Waals surface area contributed by atoms with Gasteiger partial charge in [0, 0.05) is 19.6 Å². The maximum Gasteiger partial charge on any atom is 0.245 e. The van der Waals surface area contributed by atoms with Gasteiger partial charge in [0.2, 0.25) is 12.3 Å². The molecule has 1 saturated carbocycles. The van der Waals surface area contributed by atoms with E-state index in [9.17, 15) is 9.59 Å². The third-order valence-corrected chi connectivity index (χ3v) is 5.04. The molecular weight excluding hydrogens is 256 g/mol. The van der Waals surface area contributed by atoms with Crippen molar-refractivity contribution >= 4 is 12.3 Å². The Bertz CT molecular complexity index is 374. The van der Waals surface area contributed by atoms with Crippen LogP contribution in [0.2, 0.25) is 0 Å². The summed E-state index contributed by atoms with van der Waals surface area (Å²) in [7, 11) is 0. The molecule has 2 heterocycles. The number of likely N-dealkylation sites (tertiary alicyclic amines) is 1. The summed E-state index contributed by atoms with van der Waals surface area (Å²) < 4.78 is 6.03. The Morgan fingerprint density at radius 3 is 2.70 bits per heavy atom. The van der Waals surface area contributed by atoms with Crippen LogP contribution < -0.4 is 0 Å². The molecule has 3 aliphatic rings. The van der Waals surface area contributed by atoms with E-state index in [1.165, 1.54) is 19.3 Å². The molecule has 0 radical (unpaired) electrons. The van der Waals surface area contributed by atoms with Crippen LogP contribution in [0.4, 0.5) is 0 Å². The molecular formula is C15H24N2O3. The average molecular weight is 280 g/mol. The minimum atomic E-state index is -0.230. The zero-order valence-electron chi connectivity index (χ0n) is 12.1. The SMILES string of the molecule is O=CN1CCC[C@@H]1C(=O)N1CCOC2(CCCCC2)C1. The maximum atomic E-state index is 12.7. The minimum absolute atomic E-state index is 0.100. The molecule has 3 rings (SSSR count). The van der Waals surface area contributed by atoms with Gasteiger partial charge in [-0.15, -0.1) is 0 Å². The van der Waals surface area contributed by atoms with Crippen LogP contribution in [0.5, 0.6) is 0 Å². The molecule has 5 heteroatoms. The first-order valence-corrected chi connectivity index (χ1v) is 7.88. The van der Waals surface area contributed by atoms with Gasteiger partial charge in [-0.05, 0) is 25.7 Å². The zero-order chi connectivity index (χ0) is 14.0. The van der Waals surface area contributed by atoms with Crippen molar-refractivity contribution in [2.24, 2.45) is 0 Å². The molecule has 2 saturated heterocycles. The Labute approximate surface area is 120 Å². The fraction of sp³-hybridized carbons (Fsp3) is 0.867. The number of nitrogens with zero attached hydrogens (tertiary/aromatic N) is 2. The number of ether oxygens (including phenoxy) is 1. The van der Waals surface area contributed by atoms with Crippen molar-refractivity contribution in [2.75, 3.05) is 26.2 Å². The number of amides is 2. The Balaban J connectivity index is 1.67. The first kappa shape index (κ1) is 13.9. The Kier molecular flexibility index (Phi) is 3.96. The minimum Gasteiger partial charge on any atom is -0.371 e. The fourth-order valence-electron chi connectivity index (χ4n) is 3.92. The molecule has 5 nitrogen and oxygen atoms in total. The van der Waals surface area contributed by atoms with Gasteiger partial charge >= 0.3 is 0 Å². The van der Waals surface area contributed by atoms with E-state index in [1.54, 1.807) is 4.90 Å². The summed E-state index contributed by atoms with van der Waals surface area (Å²) in [5.41, 5.74) is -0.100. The molecule has 0 aromatic heterocycles. The molecule has 3 fully saturated rings. The van der Waals surface area contributed by atoms with Crippen LogP contribution in [0, 0.1) is 0 Å². The van der Waals surface area contributed by atoms with E-state index in [4.69, 9.17) is 4.74 Å². The third kappa shape index (κ3) is 2.55. The molecule has 0 N–H and O–H groups in total. The lowest BCUT2D eigenvalue weighted by molar-refractivity contribution is -0.160. The lowest BCUT2D eigenvalue weighted by Crippen LogP contribution is -2.57. The van der Waals surface area contributed by atoms with Crippen molar-refractivity contribution in [1.29, 1.82) is 0 Å². The van der Waals surface area contributed by atoms with Crippen LogP contribution in [-0.2, 0) is 14.3 Å². The maximum absolute atomic E-state index is 12.7. The highest BCUT2D eigenvalue weighted by Gasteiger charge is 2.42. The number of carbonyl (C=O) groups is 2. The monoisotopic (exact) mass is 280 g/mol. The zero-order valence-corrected chi connectivity index (χ0v) is 12.1. The quantitative estimate of drug-likeness (QED) is 0.713. The van der Waals surface area contributed by atoms with Gasteiger partial charge in [-0.3, -0.25) is 9.59 Å². The summed E-state index contributed by atoms with van der Waals surface area (Å²) >= 11 is 0. The second-order valence-corrected chi connectivity index (χ2v) is 6.35. The van der Waals surface area contributed by atoms with Gasteiger partial charge in [-0.2, -0.15) is 0 Å². The Morgan fingerprint density at radius 2 is 1.95 bits per heavy atom. The smallest absolute Gasteiger partial charge is 0.245 e. The molecule has 0 aromatic carbocycles. The lowest BCUT2D eigenvalue weighted by atomic mass is 9.83. The normalized spacial score (nSPS) is 29.7. The third-order valence-electron chi connectivity index (χ3n) is 5.04. The highest BCUT2D eigenvalue weighted by molar-refractivity contribution is 5.84. The number of hydrogen-bond acceptors (Lipinski definition) is 3. The van der Waals surface area contributed by atoms with E-state index < -0.39 is 0 Å². The molecule has 0 bridgehead atoms. The molecule has 1 aliphatic carbocycles. The van der Waals surface area contributed by atoms with Crippen molar-refractivity contribution in [3.63, 3.8) is 0 Å². The van der Waals surface area contributed by atoms with E-state index in [2.05, 4.69) is 0 Å². The number of carbonyl (C=O) groups excluding carboxylic acids is 2. The first-order chi connectivity index (χ1) is 9.74. The second-order valence-electron chi connectivity index (χ2n) is 6.35. The molecule has 1 spiro atoms. The summed E-state index contributed by atoms with van der Waals surface area (Å²) in [4.78, 5) is 27.3. The Hall–Kier alpha value is -1.10. The van der Waals surface area contributed by atoms with Gasteiger partial charge in [0.15, 0.2) is 0 Å². The first-order valence-electron chi connectivity index (χ1n) is 7.88. The highest BCUT2D eigenvalue weighted by Crippen LogP contribution is 2.35. The van der Waals surface area contributed by atoms with Crippen molar-refractivity contribution in [3.05, 3.63) is 0 Å². The van der Waals surface area contributed by atoms with E-state index in [1.807, 2.05) is 4.90 Å². The van der Waals surface area contributed by atoms with E-state index in [-0.39, 0.29) is 17.6 Å². The van der Waals surface area contributed by atoms with Crippen molar-refractivity contribution in [1.82, 2.24) is 9.80 Å². The predicted molar refractivity (Wildman–Crippen MR) is 74.1 cm³/mol. The average Bonchev–Trinajstić information content (AvgIpc) is 2.96. The summed E-state index contributed by atoms with van der Waals surface area (Å²) in [5.74, 6) is 0.128. The fourth-order valence-corrected chi connectivity index (χ4v) is 3.92. The van der Waals surface area contributed by atoms with Crippen molar-refractivity contribution in [3.8, 4) is 0 Å². The van der Waals surface area contributed by atoms with E-state index >= 15 is 0 Å². The van der Waals surface area contributed by atoms with Crippen LogP contribution in [0.15, 0.2) is 0 Å². The Morgan fingerprint density at radius 1 is 1.15 bits per heavy atom. The molecule has 0 unspecified atom stereocenters. The van der Waals surface area contributed by atoms with Crippen LogP contribution in [0.1, 0.15) is 44.9 Å². The van der Waals surface area contributed by atoms with Gasteiger partial charge < -0.3 is 14.5 Å².